The van der Waals surface area contributed by atoms with Gasteiger partial charge in [0.1, 0.15) is 5.25 Å². The monoisotopic (exact) mass is 347 g/mol. The van der Waals surface area contributed by atoms with Crippen molar-refractivity contribution in [2.45, 2.75) is 23.0 Å². The fraction of sp³-hybridized carbons (Fsp3) is 0.235. The van der Waals surface area contributed by atoms with Crippen molar-refractivity contribution in [1.82, 2.24) is 4.72 Å². The molecule has 2 aromatic rings. The van der Waals surface area contributed by atoms with Crippen LogP contribution in [0.2, 0.25) is 0 Å². The van der Waals surface area contributed by atoms with E-state index in [1.807, 2.05) is 30.3 Å². The number of sulfonamides is 1. The summed E-state index contributed by atoms with van der Waals surface area (Å²) in [5.41, 5.74) is 1.56. The molecule has 0 fully saturated rings. The van der Waals surface area contributed by atoms with Gasteiger partial charge in [0.25, 0.3) is 0 Å². The molecule has 0 unspecified atom stereocenters. The van der Waals surface area contributed by atoms with Crippen molar-refractivity contribution in [1.29, 1.82) is 0 Å². The molecule has 0 spiro atoms. The molecule has 0 radical (unpaired) electrons. The second-order valence-corrected chi connectivity index (χ2v) is 8.53. The Labute approximate surface area is 140 Å². The Morgan fingerprint density at radius 1 is 1.13 bits per heavy atom. The number of amides is 1. The average molecular weight is 347 g/mol. The highest BCUT2D eigenvalue weighted by Crippen LogP contribution is 2.39. The van der Waals surface area contributed by atoms with Crippen molar-refractivity contribution < 1.29 is 13.2 Å². The zero-order valence-corrected chi connectivity index (χ0v) is 14.2. The van der Waals surface area contributed by atoms with Gasteiger partial charge in [0.2, 0.25) is 15.9 Å². The molecule has 1 aliphatic rings. The van der Waals surface area contributed by atoms with Gasteiger partial charge in [0.05, 0.1) is 5.92 Å². The molecular formula is C17H17NO3S2. The number of hydrogen-bond acceptors (Lipinski definition) is 4. The predicted octanol–water partition coefficient (Wildman–Crippen LogP) is 3.08. The van der Waals surface area contributed by atoms with Crippen LogP contribution in [0.3, 0.4) is 0 Å². The van der Waals surface area contributed by atoms with E-state index in [0.717, 1.165) is 10.5 Å². The Balaban J connectivity index is 1.78. The second-order valence-electron chi connectivity index (χ2n) is 5.47. The summed E-state index contributed by atoms with van der Waals surface area (Å²) in [4.78, 5) is 13.5. The van der Waals surface area contributed by atoms with Gasteiger partial charge in [-0.05, 0) is 24.1 Å². The molecule has 2 atom stereocenters. The lowest BCUT2D eigenvalue weighted by atomic mass is 10.0. The van der Waals surface area contributed by atoms with Gasteiger partial charge < -0.3 is 0 Å². The average Bonchev–Trinajstić information content (AvgIpc) is 2.98. The lowest BCUT2D eigenvalue weighted by Gasteiger charge is -2.16. The quantitative estimate of drug-likeness (QED) is 0.923. The maximum atomic E-state index is 12.5. The summed E-state index contributed by atoms with van der Waals surface area (Å²) in [6.07, 6.45) is 0. The molecule has 23 heavy (non-hydrogen) atoms. The van der Waals surface area contributed by atoms with Crippen LogP contribution in [-0.4, -0.2) is 20.1 Å². The molecule has 4 nitrogen and oxygen atoms in total. The first-order chi connectivity index (χ1) is 11.0. The summed E-state index contributed by atoms with van der Waals surface area (Å²) in [6.45, 7) is 1.59. The van der Waals surface area contributed by atoms with Gasteiger partial charge in [-0.2, -0.15) is 0 Å². The first kappa shape index (κ1) is 16.1. The highest BCUT2D eigenvalue weighted by molar-refractivity contribution is 7.99. The molecule has 1 N–H and O–H groups in total. The van der Waals surface area contributed by atoms with Gasteiger partial charge in [-0.25, -0.2) is 8.42 Å². The summed E-state index contributed by atoms with van der Waals surface area (Å²) in [5.74, 6) is -0.306. The minimum absolute atomic E-state index is 0.422. The molecule has 0 aromatic heterocycles. The van der Waals surface area contributed by atoms with E-state index in [0.29, 0.717) is 11.3 Å². The molecular weight excluding hydrogens is 330 g/mol. The van der Waals surface area contributed by atoms with E-state index in [2.05, 4.69) is 4.72 Å². The van der Waals surface area contributed by atoms with Crippen molar-refractivity contribution in [3.8, 4) is 0 Å². The largest absolute Gasteiger partial charge is 0.273 e. The Hall–Kier alpha value is -1.79. The highest BCUT2D eigenvalue weighted by Gasteiger charge is 2.33. The number of benzene rings is 2. The molecule has 3 rings (SSSR count). The summed E-state index contributed by atoms with van der Waals surface area (Å²) >= 11 is 1.58. The fourth-order valence-electron chi connectivity index (χ4n) is 2.58. The van der Waals surface area contributed by atoms with Crippen molar-refractivity contribution in [2.24, 2.45) is 0 Å². The lowest BCUT2D eigenvalue weighted by Crippen LogP contribution is -2.37. The molecule has 0 saturated carbocycles. The van der Waals surface area contributed by atoms with Crippen molar-refractivity contribution in [3.05, 3.63) is 65.7 Å². The number of thioether (sulfide) groups is 1. The molecule has 1 aliphatic heterocycles. The number of carbonyl (C=O) groups is 1. The van der Waals surface area contributed by atoms with Crippen LogP contribution >= 0.6 is 11.8 Å². The third-order valence-electron chi connectivity index (χ3n) is 3.99. The second kappa shape index (κ2) is 6.37. The first-order valence-corrected chi connectivity index (χ1v) is 9.84. The maximum absolute atomic E-state index is 12.5. The minimum Gasteiger partial charge on any atom is -0.273 e. The number of nitrogens with one attached hydrogen (secondary N) is 1. The van der Waals surface area contributed by atoms with Crippen LogP contribution in [0.15, 0.2) is 59.5 Å². The van der Waals surface area contributed by atoms with Crippen LogP contribution < -0.4 is 4.72 Å². The number of fused-ring (bicyclic) bond motifs is 1. The van der Waals surface area contributed by atoms with Gasteiger partial charge in [-0.15, -0.1) is 11.8 Å². The minimum atomic E-state index is -3.76. The summed E-state index contributed by atoms with van der Waals surface area (Å²) < 4.78 is 27.2. The Bertz CT molecular complexity index is 819. The van der Waals surface area contributed by atoms with E-state index < -0.39 is 27.1 Å². The van der Waals surface area contributed by atoms with Crippen molar-refractivity contribution >= 4 is 27.7 Å². The van der Waals surface area contributed by atoms with Gasteiger partial charge in [-0.3, -0.25) is 9.52 Å². The Morgan fingerprint density at radius 3 is 2.52 bits per heavy atom. The zero-order chi connectivity index (χ0) is 16.4. The molecule has 2 aromatic carbocycles. The highest BCUT2D eigenvalue weighted by atomic mass is 32.2. The number of rotatable bonds is 4. The molecule has 120 valence electrons. The Morgan fingerprint density at radius 2 is 1.78 bits per heavy atom. The third kappa shape index (κ3) is 3.28. The van der Waals surface area contributed by atoms with Gasteiger partial charge >= 0.3 is 0 Å². The van der Waals surface area contributed by atoms with E-state index in [9.17, 15) is 13.2 Å². The van der Waals surface area contributed by atoms with Gasteiger partial charge in [0, 0.05) is 10.6 Å². The van der Waals surface area contributed by atoms with E-state index in [-0.39, 0.29) is 0 Å². The van der Waals surface area contributed by atoms with Gasteiger partial charge in [0.15, 0.2) is 0 Å². The van der Waals surface area contributed by atoms with Crippen LogP contribution in [0.4, 0.5) is 0 Å². The van der Waals surface area contributed by atoms with Crippen molar-refractivity contribution in [2.75, 3.05) is 5.75 Å². The van der Waals surface area contributed by atoms with Crippen molar-refractivity contribution in [3.63, 3.8) is 0 Å². The SMILES string of the molecule is C[C@@H](c1ccccc1)S(=O)(=O)NC(=O)[C@H]1CSc2ccccc21. The van der Waals surface area contributed by atoms with Crippen LogP contribution in [0, 0.1) is 0 Å². The summed E-state index contributed by atoms with van der Waals surface area (Å²) in [5, 5.41) is -0.781. The number of carbonyl (C=O) groups excluding carboxylic acids is 1. The van der Waals surface area contributed by atoms with E-state index in [1.165, 1.54) is 0 Å². The van der Waals surface area contributed by atoms with E-state index >= 15 is 0 Å². The summed E-state index contributed by atoms with van der Waals surface area (Å²) in [7, 11) is -3.76. The fourth-order valence-corrected chi connectivity index (χ4v) is 4.93. The predicted molar refractivity (Wildman–Crippen MR) is 91.8 cm³/mol. The molecule has 6 heteroatoms. The standard InChI is InChI=1S/C17H17NO3S2/c1-12(13-7-3-2-4-8-13)23(20,21)18-17(19)15-11-22-16-10-6-5-9-14(15)16/h2-10,12,15H,11H2,1H3,(H,18,19)/t12-,15-/m0/s1. The van der Waals surface area contributed by atoms with Gasteiger partial charge in [-0.1, -0.05) is 48.5 Å². The molecule has 0 bridgehead atoms. The zero-order valence-electron chi connectivity index (χ0n) is 12.6. The van der Waals surface area contributed by atoms with Crippen LogP contribution in [0.5, 0.6) is 0 Å². The normalized spacial score (nSPS) is 18.2. The van der Waals surface area contributed by atoms with Crippen LogP contribution in [0.25, 0.3) is 0 Å². The van der Waals surface area contributed by atoms with E-state index in [4.69, 9.17) is 0 Å². The smallest absolute Gasteiger partial charge is 0.241 e. The number of hydrogen-bond donors (Lipinski definition) is 1. The first-order valence-electron chi connectivity index (χ1n) is 7.31. The molecule has 0 aliphatic carbocycles. The molecule has 1 heterocycles. The topological polar surface area (TPSA) is 63.2 Å². The maximum Gasteiger partial charge on any atom is 0.241 e. The van der Waals surface area contributed by atoms with E-state index in [1.54, 1.807) is 43.0 Å². The molecule has 1 amide bonds. The molecule has 0 saturated heterocycles. The third-order valence-corrected chi connectivity index (χ3v) is 6.87. The Kier molecular flexibility index (Phi) is 4.46. The summed E-state index contributed by atoms with van der Waals surface area (Å²) in [6, 6.07) is 16.5. The van der Waals surface area contributed by atoms with Crippen LogP contribution in [-0.2, 0) is 14.8 Å². The van der Waals surface area contributed by atoms with Crippen LogP contribution in [0.1, 0.15) is 29.2 Å². The lowest BCUT2D eigenvalue weighted by molar-refractivity contribution is -0.120.